The predicted molar refractivity (Wildman–Crippen MR) is 281 cm³/mol. The van der Waals surface area contributed by atoms with Crippen LogP contribution >= 0.6 is 0 Å². The minimum Gasteiger partial charge on any atom is -0.481 e. The van der Waals surface area contributed by atoms with Crippen molar-refractivity contribution in [3.05, 3.63) is 91.1 Å². The van der Waals surface area contributed by atoms with Gasteiger partial charge in [0.1, 0.15) is 11.6 Å². The van der Waals surface area contributed by atoms with E-state index < -0.39 is 79.7 Å². The number of unbranched alkanes of at least 4 members (excludes halogenated alkanes) is 2. The number of benzene rings is 2. The number of nitro benzene ring substituents is 2. The fraction of sp³-hybridized carbons (Fsp3) is 0.519. The highest BCUT2D eigenvalue weighted by Gasteiger charge is 2.32. The summed E-state index contributed by atoms with van der Waals surface area (Å²) in [6, 6.07) is 7.25. The number of rotatable bonds is 24. The summed E-state index contributed by atoms with van der Waals surface area (Å²) in [7, 11) is 0. The van der Waals surface area contributed by atoms with Crippen molar-refractivity contribution in [1.29, 1.82) is 0 Å². The molecule has 78 heavy (non-hydrogen) atoms. The third-order valence-corrected chi connectivity index (χ3v) is 11.4. The molecule has 3 amide bonds. The summed E-state index contributed by atoms with van der Waals surface area (Å²) in [6.07, 6.45) is 0.496. The van der Waals surface area contributed by atoms with Crippen LogP contribution in [-0.4, -0.2) is 122 Å². The van der Waals surface area contributed by atoms with Crippen LogP contribution in [0, 0.1) is 31.1 Å². The summed E-state index contributed by atoms with van der Waals surface area (Å²) >= 11 is 0. The fourth-order valence-electron chi connectivity index (χ4n) is 6.78. The van der Waals surface area contributed by atoms with Crippen LogP contribution in [0.25, 0.3) is 11.4 Å². The van der Waals surface area contributed by atoms with E-state index in [4.69, 9.17) is 10.2 Å². The smallest absolute Gasteiger partial charge is 0.303 e. The largest absolute Gasteiger partial charge is 0.481 e. The van der Waals surface area contributed by atoms with Crippen molar-refractivity contribution in [3.8, 4) is 11.4 Å². The number of hydrogen-bond donors (Lipinski definition) is 5. The lowest BCUT2D eigenvalue weighted by Crippen LogP contribution is -2.36. The Kier molecular flexibility index (Phi) is 21.7. The van der Waals surface area contributed by atoms with Crippen LogP contribution < -0.4 is 16.0 Å². The Labute approximate surface area is 449 Å². The molecule has 5 N–H and O–H groups in total. The maximum Gasteiger partial charge on any atom is 0.303 e. The van der Waals surface area contributed by atoms with E-state index >= 15 is 0 Å². The Bertz CT molecular complexity index is 2960. The van der Waals surface area contributed by atoms with Gasteiger partial charge in [0.15, 0.2) is 11.6 Å². The highest BCUT2D eigenvalue weighted by molar-refractivity contribution is 6.01. The number of amides is 3. The second-order valence-electron chi connectivity index (χ2n) is 22.3. The molecule has 422 valence electrons. The van der Waals surface area contributed by atoms with Crippen LogP contribution in [0.2, 0.25) is 0 Å². The van der Waals surface area contributed by atoms with E-state index in [2.05, 4.69) is 36.1 Å². The predicted octanol–water partition coefficient (Wildman–Crippen LogP) is 6.41. The SMILES string of the molecule is CC(C)(C)C(=O)CNC(=O)CCCCCNC(=O)c1cc([N+](=O)[O-])ccc1-n1nc(C(=O)CCC(=O)O)nc1C(C)(C)C.CC(C)(C)C(=O)CNC(=O)c1cc([N+](=O)[O-])ccc1-n1nc(C(=O)CCC(=O)O)nc1C(C)(C)C. The van der Waals surface area contributed by atoms with Crippen LogP contribution in [0.3, 0.4) is 0 Å². The lowest BCUT2D eigenvalue weighted by atomic mass is 9.91. The molecule has 2 aromatic heterocycles. The van der Waals surface area contributed by atoms with Gasteiger partial charge in [-0.2, -0.15) is 0 Å². The van der Waals surface area contributed by atoms with E-state index in [-0.39, 0.29) is 108 Å². The zero-order valence-electron chi connectivity index (χ0n) is 46.0. The Hall–Kier alpha value is -8.45. The van der Waals surface area contributed by atoms with Crippen molar-refractivity contribution in [2.45, 2.75) is 145 Å². The third kappa shape index (κ3) is 18.7. The number of nitrogens with zero attached hydrogens (tertiary/aromatic N) is 8. The number of carbonyl (C=O) groups excluding carboxylic acids is 7. The molecule has 0 saturated carbocycles. The zero-order valence-corrected chi connectivity index (χ0v) is 46.0. The van der Waals surface area contributed by atoms with Crippen molar-refractivity contribution in [3.63, 3.8) is 0 Å². The molecule has 4 rings (SSSR count). The molecule has 0 unspecified atom stereocenters. The normalized spacial score (nSPS) is 11.6. The maximum absolute atomic E-state index is 13.2. The highest BCUT2D eigenvalue weighted by Crippen LogP contribution is 2.30. The number of carboxylic acid groups (broad SMARTS) is 2. The number of nitrogens with one attached hydrogen (secondary N) is 3. The molecule has 4 aromatic rings. The van der Waals surface area contributed by atoms with Crippen molar-refractivity contribution in [1.82, 2.24) is 45.5 Å². The monoisotopic (exact) mass is 1090 g/mol. The van der Waals surface area contributed by atoms with Gasteiger partial charge in [0, 0.05) is 71.7 Å². The maximum atomic E-state index is 13.2. The van der Waals surface area contributed by atoms with Crippen molar-refractivity contribution >= 4 is 64.2 Å². The van der Waals surface area contributed by atoms with E-state index in [1.165, 1.54) is 33.6 Å². The summed E-state index contributed by atoms with van der Waals surface area (Å²) in [6.45, 7) is 21.2. The minimum atomic E-state index is -1.15. The van der Waals surface area contributed by atoms with Crippen LogP contribution in [0.5, 0.6) is 0 Å². The second-order valence-corrected chi connectivity index (χ2v) is 22.3. The molecule has 0 aliphatic heterocycles. The molecule has 0 spiro atoms. The number of hydrogen-bond acceptors (Lipinski definition) is 17. The van der Waals surface area contributed by atoms with Crippen LogP contribution in [-0.2, 0) is 34.8 Å². The number of carbonyl (C=O) groups is 9. The van der Waals surface area contributed by atoms with Gasteiger partial charge in [0.2, 0.25) is 29.1 Å². The third-order valence-electron chi connectivity index (χ3n) is 11.4. The molecule has 0 aliphatic rings. The number of aromatic nitrogens is 6. The molecule has 2 aromatic carbocycles. The zero-order chi connectivity index (χ0) is 59.2. The summed E-state index contributed by atoms with van der Waals surface area (Å²) < 4.78 is 2.54. The van der Waals surface area contributed by atoms with Gasteiger partial charge in [-0.3, -0.25) is 63.4 Å². The molecule has 26 nitrogen and oxygen atoms in total. The first-order valence-corrected chi connectivity index (χ1v) is 24.9. The Morgan fingerprint density at radius 3 is 1.27 bits per heavy atom. The van der Waals surface area contributed by atoms with Gasteiger partial charge in [-0.15, -0.1) is 10.2 Å². The summed E-state index contributed by atoms with van der Waals surface area (Å²) in [4.78, 5) is 140. The van der Waals surface area contributed by atoms with Gasteiger partial charge in [0.05, 0.1) is 58.3 Å². The summed E-state index contributed by atoms with van der Waals surface area (Å²) in [5.41, 5.74) is -3.15. The van der Waals surface area contributed by atoms with Crippen LogP contribution in [0.1, 0.15) is 188 Å². The first-order valence-electron chi connectivity index (χ1n) is 24.9. The molecule has 0 aliphatic carbocycles. The molecule has 2 heterocycles. The van der Waals surface area contributed by atoms with Gasteiger partial charge in [-0.05, 0) is 25.0 Å². The van der Waals surface area contributed by atoms with Crippen LogP contribution in [0.15, 0.2) is 36.4 Å². The number of non-ortho nitro benzene ring substituents is 2. The first kappa shape index (κ1) is 63.8. The lowest BCUT2D eigenvalue weighted by molar-refractivity contribution is -0.385. The lowest BCUT2D eigenvalue weighted by Gasteiger charge is -2.20. The molecular formula is C52H69N11O15. The minimum absolute atomic E-state index is 0.0232. The molecule has 26 heteroatoms. The van der Waals surface area contributed by atoms with E-state index in [0.717, 1.165) is 12.1 Å². The first-order chi connectivity index (χ1) is 35.9. The molecule has 0 radical (unpaired) electrons. The summed E-state index contributed by atoms with van der Waals surface area (Å²) in [5, 5.41) is 57.0. The van der Waals surface area contributed by atoms with Crippen LogP contribution in [0.4, 0.5) is 11.4 Å². The van der Waals surface area contributed by atoms with E-state index in [0.29, 0.717) is 25.1 Å². The van der Waals surface area contributed by atoms with Gasteiger partial charge in [-0.25, -0.2) is 19.3 Å². The van der Waals surface area contributed by atoms with Crippen molar-refractivity contribution in [2.24, 2.45) is 10.8 Å². The number of ketones is 4. The Morgan fingerprint density at radius 1 is 0.526 bits per heavy atom. The molecule has 0 saturated heterocycles. The van der Waals surface area contributed by atoms with Gasteiger partial charge < -0.3 is 26.2 Å². The summed E-state index contributed by atoms with van der Waals surface area (Å²) in [5.74, 6) is -5.22. The van der Waals surface area contributed by atoms with E-state index in [1.54, 1.807) is 62.3 Å². The Balaban J connectivity index is 0.000000419. The van der Waals surface area contributed by atoms with Crippen molar-refractivity contribution < 1.29 is 63.2 Å². The van der Waals surface area contributed by atoms with E-state index in [9.17, 15) is 63.4 Å². The standard InChI is InChI=1S/C29H40N6O8.C23H29N5O7/c1-28(2,3)22(37)17-31-23(38)10-8-7-9-15-30-26(41)19-16-18(35(42)43)11-12-20(19)34-27(29(4,5)6)32-25(33-34)21(36)13-14-24(39)40;1-22(2,3)17(30)12-24-20(33)14-11-13(28(34)35)7-8-15(14)27-21(23(4,5)6)25-19(26-27)16(29)9-10-18(31)32/h11-12,16H,7-10,13-15,17H2,1-6H3,(H,30,41)(H,31,38)(H,39,40);7-8,11H,9-10,12H2,1-6H3,(H,24,33)(H,31,32). The van der Waals surface area contributed by atoms with Crippen molar-refractivity contribution in [2.75, 3.05) is 19.6 Å². The number of Topliss-reactive ketones (excluding diaryl/α,β-unsaturated/α-hetero) is 4. The molecular weight excluding hydrogens is 1020 g/mol. The fourth-order valence-corrected chi connectivity index (χ4v) is 6.78. The topological polar surface area (TPSA) is 378 Å². The van der Waals surface area contributed by atoms with Gasteiger partial charge >= 0.3 is 11.9 Å². The number of nitro groups is 2. The quantitative estimate of drug-likeness (QED) is 0.0219. The second kappa shape index (κ2) is 26.5. The van der Waals surface area contributed by atoms with E-state index in [1.807, 2.05) is 20.8 Å². The average Bonchev–Trinajstić information content (AvgIpc) is 4.01. The highest BCUT2D eigenvalue weighted by atomic mass is 16.6. The number of aliphatic carboxylic acids is 2. The van der Waals surface area contributed by atoms with Gasteiger partial charge in [-0.1, -0.05) is 89.5 Å². The molecule has 0 atom stereocenters. The molecule has 0 bridgehead atoms. The number of carboxylic acids is 2. The molecule has 0 fully saturated rings. The average molecular weight is 1090 g/mol. The van der Waals surface area contributed by atoms with Gasteiger partial charge in [0.25, 0.3) is 23.2 Å². The Morgan fingerprint density at radius 2 is 0.910 bits per heavy atom.